The molecule has 1 fully saturated rings. The predicted molar refractivity (Wildman–Crippen MR) is 104 cm³/mol. The Balaban J connectivity index is 1.83. The summed E-state index contributed by atoms with van der Waals surface area (Å²) in [6.07, 6.45) is 3.56. The highest BCUT2D eigenvalue weighted by Gasteiger charge is 2.29. The maximum atomic E-state index is 13.2. The number of benzene rings is 1. The van der Waals surface area contributed by atoms with Gasteiger partial charge in [0.15, 0.2) is 11.5 Å². The number of methoxy groups -OCH3 is 1. The summed E-state index contributed by atoms with van der Waals surface area (Å²) >= 11 is 0. The minimum atomic E-state index is -0.0391. The standard InChI is InChI=1S/C21H27N3O3/c1-15(2)14-27-19-7-6-16(11-20(19)26-3)21(25)24-10-9-23-13-18(24)17-5-4-8-22-12-17/h4-8,11-12,15,18,23H,9-10,13-14H2,1-3H3. The number of hydrogen-bond donors (Lipinski definition) is 1. The molecule has 0 aliphatic carbocycles. The van der Waals surface area contributed by atoms with Crippen LogP contribution in [0.25, 0.3) is 0 Å². The van der Waals surface area contributed by atoms with E-state index in [0.29, 0.717) is 42.7 Å². The zero-order chi connectivity index (χ0) is 19.2. The third kappa shape index (κ3) is 4.57. The van der Waals surface area contributed by atoms with E-state index in [1.165, 1.54) is 0 Å². The van der Waals surface area contributed by atoms with Crippen molar-refractivity contribution >= 4 is 5.91 Å². The molecule has 1 aliphatic rings. The molecule has 1 unspecified atom stereocenters. The Bertz CT molecular complexity index is 765. The molecule has 0 spiro atoms. The van der Waals surface area contributed by atoms with Gasteiger partial charge in [-0.3, -0.25) is 9.78 Å². The smallest absolute Gasteiger partial charge is 0.254 e. The van der Waals surface area contributed by atoms with Gasteiger partial charge in [0.05, 0.1) is 19.8 Å². The molecule has 1 atom stereocenters. The van der Waals surface area contributed by atoms with E-state index in [1.54, 1.807) is 19.4 Å². The normalized spacial score (nSPS) is 17.0. The molecule has 27 heavy (non-hydrogen) atoms. The number of hydrogen-bond acceptors (Lipinski definition) is 5. The van der Waals surface area contributed by atoms with Crippen LogP contribution in [0.4, 0.5) is 0 Å². The summed E-state index contributed by atoms with van der Waals surface area (Å²) in [5, 5.41) is 3.36. The van der Waals surface area contributed by atoms with Crippen LogP contribution in [0.3, 0.4) is 0 Å². The van der Waals surface area contributed by atoms with Gasteiger partial charge in [-0.1, -0.05) is 19.9 Å². The van der Waals surface area contributed by atoms with Crippen molar-refractivity contribution in [3.05, 3.63) is 53.9 Å². The fraction of sp³-hybridized carbons (Fsp3) is 0.429. The van der Waals surface area contributed by atoms with Crippen LogP contribution >= 0.6 is 0 Å². The van der Waals surface area contributed by atoms with Crippen LogP contribution < -0.4 is 14.8 Å². The number of piperazine rings is 1. The summed E-state index contributed by atoms with van der Waals surface area (Å²) in [6.45, 7) is 6.91. The zero-order valence-electron chi connectivity index (χ0n) is 16.1. The second-order valence-corrected chi connectivity index (χ2v) is 7.08. The largest absolute Gasteiger partial charge is 0.493 e. The van der Waals surface area contributed by atoms with Crippen LogP contribution in [0, 0.1) is 5.92 Å². The topological polar surface area (TPSA) is 63.7 Å². The first-order valence-electron chi connectivity index (χ1n) is 9.32. The third-order valence-corrected chi connectivity index (χ3v) is 4.56. The van der Waals surface area contributed by atoms with E-state index in [9.17, 15) is 4.79 Å². The number of nitrogens with zero attached hydrogens (tertiary/aromatic N) is 2. The second kappa shape index (κ2) is 8.86. The minimum absolute atomic E-state index is 0.0148. The number of pyridine rings is 1. The van der Waals surface area contributed by atoms with Gasteiger partial charge in [-0.2, -0.15) is 0 Å². The molecule has 1 aliphatic heterocycles. The lowest BCUT2D eigenvalue weighted by molar-refractivity contribution is 0.0633. The van der Waals surface area contributed by atoms with Crippen LogP contribution in [0.15, 0.2) is 42.7 Å². The van der Waals surface area contributed by atoms with Gasteiger partial charge in [0.25, 0.3) is 5.91 Å². The Morgan fingerprint density at radius 1 is 1.33 bits per heavy atom. The lowest BCUT2D eigenvalue weighted by atomic mass is 10.0. The SMILES string of the molecule is COc1cc(C(=O)N2CCNCC2c2cccnc2)ccc1OCC(C)C. The number of nitrogens with one attached hydrogen (secondary N) is 1. The summed E-state index contributed by atoms with van der Waals surface area (Å²) in [7, 11) is 1.59. The monoisotopic (exact) mass is 369 g/mol. The van der Waals surface area contributed by atoms with Crippen LogP contribution in [0.5, 0.6) is 11.5 Å². The molecule has 0 saturated carbocycles. The van der Waals surface area contributed by atoms with Gasteiger partial charge in [-0.25, -0.2) is 0 Å². The minimum Gasteiger partial charge on any atom is -0.493 e. The van der Waals surface area contributed by atoms with Gasteiger partial charge in [-0.15, -0.1) is 0 Å². The zero-order valence-corrected chi connectivity index (χ0v) is 16.1. The molecule has 1 aromatic carbocycles. The number of rotatable bonds is 6. The number of carbonyl (C=O) groups is 1. The molecule has 1 saturated heterocycles. The molecular formula is C21H27N3O3. The van der Waals surface area contributed by atoms with E-state index in [0.717, 1.165) is 12.1 Å². The van der Waals surface area contributed by atoms with Gasteiger partial charge >= 0.3 is 0 Å². The molecular weight excluding hydrogens is 342 g/mol. The van der Waals surface area contributed by atoms with Crippen molar-refractivity contribution in [3.63, 3.8) is 0 Å². The van der Waals surface area contributed by atoms with Crippen molar-refractivity contribution < 1.29 is 14.3 Å². The highest BCUT2D eigenvalue weighted by atomic mass is 16.5. The van der Waals surface area contributed by atoms with E-state index in [-0.39, 0.29) is 11.9 Å². The first-order chi connectivity index (χ1) is 13.1. The van der Waals surface area contributed by atoms with Gasteiger partial charge in [-0.05, 0) is 35.7 Å². The molecule has 0 bridgehead atoms. The van der Waals surface area contributed by atoms with E-state index in [2.05, 4.69) is 24.1 Å². The van der Waals surface area contributed by atoms with Crippen LogP contribution in [0.1, 0.15) is 35.8 Å². The lowest BCUT2D eigenvalue weighted by Gasteiger charge is -2.36. The van der Waals surface area contributed by atoms with Crippen molar-refractivity contribution in [1.29, 1.82) is 0 Å². The molecule has 144 valence electrons. The quantitative estimate of drug-likeness (QED) is 0.848. The number of ether oxygens (including phenoxy) is 2. The van der Waals surface area contributed by atoms with Gasteiger partial charge in [0.1, 0.15) is 0 Å². The molecule has 1 N–H and O–H groups in total. The Kier molecular flexibility index (Phi) is 6.29. The van der Waals surface area contributed by atoms with E-state index in [1.807, 2.05) is 35.4 Å². The molecule has 3 rings (SSSR count). The highest BCUT2D eigenvalue weighted by Crippen LogP contribution is 2.30. The maximum absolute atomic E-state index is 13.2. The summed E-state index contributed by atoms with van der Waals surface area (Å²) in [4.78, 5) is 19.3. The van der Waals surface area contributed by atoms with Crippen molar-refractivity contribution in [1.82, 2.24) is 15.2 Å². The fourth-order valence-electron chi connectivity index (χ4n) is 3.16. The van der Waals surface area contributed by atoms with Gasteiger partial charge < -0.3 is 19.7 Å². The van der Waals surface area contributed by atoms with Crippen molar-refractivity contribution in [2.45, 2.75) is 19.9 Å². The summed E-state index contributed by atoms with van der Waals surface area (Å²) in [6, 6.07) is 9.26. The van der Waals surface area contributed by atoms with Crippen LogP contribution in [-0.4, -0.2) is 49.1 Å². The van der Waals surface area contributed by atoms with Crippen LogP contribution in [0.2, 0.25) is 0 Å². The summed E-state index contributed by atoms with van der Waals surface area (Å²) < 4.78 is 11.2. The van der Waals surface area contributed by atoms with E-state index >= 15 is 0 Å². The molecule has 6 nitrogen and oxygen atoms in total. The molecule has 2 heterocycles. The number of aromatic nitrogens is 1. The first-order valence-corrected chi connectivity index (χ1v) is 9.32. The summed E-state index contributed by atoms with van der Waals surface area (Å²) in [5.74, 6) is 1.64. The molecule has 1 aromatic heterocycles. The Labute approximate surface area is 160 Å². The number of amides is 1. The summed E-state index contributed by atoms with van der Waals surface area (Å²) in [5.41, 5.74) is 1.63. The van der Waals surface area contributed by atoms with E-state index in [4.69, 9.17) is 9.47 Å². The van der Waals surface area contributed by atoms with Crippen molar-refractivity contribution in [3.8, 4) is 11.5 Å². The van der Waals surface area contributed by atoms with E-state index < -0.39 is 0 Å². The Morgan fingerprint density at radius 2 is 2.19 bits per heavy atom. The lowest BCUT2D eigenvalue weighted by Crippen LogP contribution is -2.48. The maximum Gasteiger partial charge on any atom is 0.254 e. The van der Waals surface area contributed by atoms with Crippen molar-refractivity contribution in [2.24, 2.45) is 5.92 Å². The second-order valence-electron chi connectivity index (χ2n) is 7.08. The first kappa shape index (κ1) is 19.2. The highest BCUT2D eigenvalue weighted by molar-refractivity contribution is 5.95. The number of carbonyl (C=O) groups excluding carboxylic acids is 1. The molecule has 0 radical (unpaired) electrons. The fourth-order valence-corrected chi connectivity index (χ4v) is 3.16. The molecule has 6 heteroatoms. The predicted octanol–water partition coefficient (Wildman–Crippen LogP) is 2.91. The van der Waals surface area contributed by atoms with Gasteiger partial charge in [0, 0.05) is 37.6 Å². The average Bonchev–Trinajstić information content (AvgIpc) is 2.72. The molecule has 1 amide bonds. The molecule has 2 aromatic rings. The van der Waals surface area contributed by atoms with Crippen LogP contribution in [-0.2, 0) is 0 Å². The Morgan fingerprint density at radius 3 is 2.89 bits per heavy atom. The van der Waals surface area contributed by atoms with Gasteiger partial charge in [0.2, 0.25) is 0 Å². The Hall–Kier alpha value is -2.60. The average molecular weight is 369 g/mol. The third-order valence-electron chi connectivity index (χ3n) is 4.56. The van der Waals surface area contributed by atoms with Crippen molar-refractivity contribution in [2.75, 3.05) is 33.4 Å².